The highest BCUT2D eigenvalue weighted by Gasteiger charge is 2.27. The summed E-state index contributed by atoms with van der Waals surface area (Å²) in [6.45, 7) is 4.41. The number of rotatable bonds is 9. The van der Waals surface area contributed by atoms with E-state index in [0.717, 1.165) is 31.7 Å². The van der Waals surface area contributed by atoms with Crippen LogP contribution in [0.25, 0.3) is 0 Å². The van der Waals surface area contributed by atoms with E-state index in [-0.39, 0.29) is 27.2 Å². The van der Waals surface area contributed by atoms with Crippen molar-refractivity contribution in [2.45, 2.75) is 46.0 Å². The Bertz CT molecular complexity index is 701. The molecule has 0 aliphatic rings. The summed E-state index contributed by atoms with van der Waals surface area (Å²) in [6.07, 6.45) is 4.79. The van der Waals surface area contributed by atoms with Crippen molar-refractivity contribution in [3.05, 3.63) is 26.7 Å². The van der Waals surface area contributed by atoms with Crippen LogP contribution in [-0.4, -0.2) is 29.6 Å². The first-order chi connectivity index (χ1) is 12.7. The number of carbonyl (C=O) groups is 3. The molecule has 0 amide bonds. The second-order valence-corrected chi connectivity index (χ2v) is 7.06. The number of unbranched alkanes of at least 4 members (excludes halogenated alkanes) is 1. The van der Waals surface area contributed by atoms with E-state index in [4.69, 9.17) is 44.6 Å². The Morgan fingerprint density at radius 3 is 2.26 bits per heavy atom. The van der Waals surface area contributed by atoms with Crippen molar-refractivity contribution in [2.24, 2.45) is 5.92 Å². The Labute approximate surface area is 172 Å². The standard InChI is InChI=1S/C18H21Cl3O6/c1-3-10(4-2)7-5-6-8-26-17(24)13-14(21)11(19)9-12(20)15(13)27-18(25)16(22)23/h9-10H,3-8H2,1-2H3,(H,22,23). The first kappa shape index (κ1) is 23.5. The van der Waals surface area contributed by atoms with Crippen molar-refractivity contribution in [3.63, 3.8) is 0 Å². The highest BCUT2D eigenvalue weighted by molar-refractivity contribution is 6.46. The summed E-state index contributed by atoms with van der Waals surface area (Å²) < 4.78 is 9.84. The SMILES string of the molecule is CCC(CC)CCCCOC(=O)c1c(Cl)c(Cl)cc(Cl)c1OC(=O)C(=O)O. The normalized spacial score (nSPS) is 10.7. The zero-order chi connectivity index (χ0) is 20.6. The van der Waals surface area contributed by atoms with E-state index in [1.165, 1.54) is 0 Å². The van der Waals surface area contributed by atoms with Gasteiger partial charge in [-0.15, -0.1) is 0 Å². The lowest BCUT2D eigenvalue weighted by Crippen LogP contribution is -2.21. The third-order valence-electron chi connectivity index (χ3n) is 4.09. The number of benzene rings is 1. The van der Waals surface area contributed by atoms with Crippen LogP contribution >= 0.6 is 34.8 Å². The van der Waals surface area contributed by atoms with Crippen LogP contribution in [0.4, 0.5) is 0 Å². The maximum atomic E-state index is 12.4. The number of halogens is 3. The third kappa shape index (κ3) is 6.87. The Balaban J connectivity index is 2.85. The van der Waals surface area contributed by atoms with Crippen LogP contribution in [0.1, 0.15) is 56.3 Å². The molecule has 0 heterocycles. The summed E-state index contributed by atoms with van der Waals surface area (Å²) in [5.41, 5.74) is -0.385. The zero-order valence-electron chi connectivity index (χ0n) is 15.0. The van der Waals surface area contributed by atoms with Crippen molar-refractivity contribution >= 4 is 52.7 Å². The summed E-state index contributed by atoms with van der Waals surface area (Å²) in [6, 6.07) is 1.14. The fourth-order valence-electron chi connectivity index (χ4n) is 2.47. The van der Waals surface area contributed by atoms with Gasteiger partial charge in [-0.3, -0.25) is 0 Å². The van der Waals surface area contributed by atoms with Crippen molar-refractivity contribution in [2.75, 3.05) is 6.61 Å². The molecule has 0 fully saturated rings. The van der Waals surface area contributed by atoms with Gasteiger partial charge in [0.05, 0.1) is 21.7 Å². The highest BCUT2D eigenvalue weighted by atomic mass is 35.5. The molecule has 9 heteroatoms. The molecule has 0 saturated heterocycles. The molecule has 6 nitrogen and oxygen atoms in total. The minimum Gasteiger partial charge on any atom is -0.473 e. The molecule has 0 aliphatic carbocycles. The van der Waals surface area contributed by atoms with Crippen LogP contribution in [-0.2, 0) is 14.3 Å². The van der Waals surface area contributed by atoms with Gasteiger partial charge in [-0.1, -0.05) is 67.9 Å². The minimum absolute atomic E-state index is 0.0579. The lowest BCUT2D eigenvalue weighted by Gasteiger charge is -2.14. The molecule has 0 spiro atoms. The number of aliphatic carboxylic acids is 1. The van der Waals surface area contributed by atoms with Crippen molar-refractivity contribution in [1.82, 2.24) is 0 Å². The molecule has 1 N–H and O–H groups in total. The summed E-state index contributed by atoms with van der Waals surface area (Å²) in [4.78, 5) is 34.4. The minimum atomic E-state index is -1.85. The molecular weight excluding hydrogens is 419 g/mol. The fraction of sp³-hybridized carbons (Fsp3) is 0.500. The monoisotopic (exact) mass is 438 g/mol. The summed E-state index contributed by atoms with van der Waals surface area (Å²) in [5.74, 6) is -4.23. The van der Waals surface area contributed by atoms with E-state index >= 15 is 0 Å². The van der Waals surface area contributed by atoms with Crippen LogP contribution in [0.3, 0.4) is 0 Å². The lowest BCUT2D eigenvalue weighted by molar-refractivity contribution is -0.158. The average Bonchev–Trinajstić information content (AvgIpc) is 2.62. The second kappa shape index (κ2) is 11.4. The van der Waals surface area contributed by atoms with Gasteiger partial charge in [0.15, 0.2) is 5.75 Å². The molecule has 1 aromatic carbocycles. The fourth-order valence-corrected chi connectivity index (χ4v) is 3.19. The molecule has 1 aromatic rings. The molecule has 0 saturated carbocycles. The lowest BCUT2D eigenvalue weighted by atomic mass is 9.97. The summed E-state index contributed by atoms with van der Waals surface area (Å²) >= 11 is 17.9. The molecule has 150 valence electrons. The quantitative estimate of drug-likeness (QED) is 0.182. The first-order valence-electron chi connectivity index (χ1n) is 8.52. The van der Waals surface area contributed by atoms with E-state index in [0.29, 0.717) is 12.3 Å². The number of carboxylic acids is 1. The predicted octanol–water partition coefficient (Wildman–Crippen LogP) is 5.40. The molecule has 0 aromatic heterocycles. The Morgan fingerprint density at radius 1 is 1.07 bits per heavy atom. The molecule has 0 atom stereocenters. The van der Waals surface area contributed by atoms with Gasteiger partial charge >= 0.3 is 17.9 Å². The molecule has 0 bridgehead atoms. The van der Waals surface area contributed by atoms with Gasteiger partial charge in [-0.05, 0) is 24.8 Å². The van der Waals surface area contributed by atoms with Gasteiger partial charge in [-0.2, -0.15) is 0 Å². The zero-order valence-corrected chi connectivity index (χ0v) is 17.3. The van der Waals surface area contributed by atoms with Crippen LogP contribution in [0, 0.1) is 5.92 Å². The molecule has 0 aliphatic heterocycles. The number of hydrogen-bond acceptors (Lipinski definition) is 5. The van der Waals surface area contributed by atoms with Gasteiger partial charge in [0.1, 0.15) is 5.56 Å². The Morgan fingerprint density at radius 2 is 1.70 bits per heavy atom. The highest BCUT2D eigenvalue weighted by Crippen LogP contribution is 2.39. The van der Waals surface area contributed by atoms with Crippen molar-refractivity contribution in [1.29, 1.82) is 0 Å². The van der Waals surface area contributed by atoms with E-state index in [1.54, 1.807) is 0 Å². The summed E-state index contributed by atoms with van der Waals surface area (Å²) in [7, 11) is 0. The summed E-state index contributed by atoms with van der Waals surface area (Å²) in [5, 5.41) is 8.15. The van der Waals surface area contributed by atoms with Crippen LogP contribution in [0.5, 0.6) is 5.75 Å². The topological polar surface area (TPSA) is 89.9 Å². The Kier molecular flexibility index (Phi) is 9.91. The van der Waals surface area contributed by atoms with E-state index < -0.39 is 23.7 Å². The van der Waals surface area contributed by atoms with Gasteiger partial charge in [0.25, 0.3) is 0 Å². The van der Waals surface area contributed by atoms with E-state index in [9.17, 15) is 14.4 Å². The predicted molar refractivity (Wildman–Crippen MR) is 103 cm³/mol. The number of carboxylic acid groups (broad SMARTS) is 1. The number of carbonyl (C=O) groups excluding carboxylic acids is 2. The molecular formula is C18H21Cl3O6. The largest absolute Gasteiger partial charge is 0.473 e. The molecule has 27 heavy (non-hydrogen) atoms. The van der Waals surface area contributed by atoms with Crippen LogP contribution < -0.4 is 4.74 Å². The first-order valence-corrected chi connectivity index (χ1v) is 9.65. The molecule has 0 unspecified atom stereocenters. The van der Waals surface area contributed by atoms with Gasteiger partial charge in [0.2, 0.25) is 0 Å². The van der Waals surface area contributed by atoms with Crippen LogP contribution in [0.2, 0.25) is 15.1 Å². The smallest absolute Gasteiger partial charge is 0.422 e. The van der Waals surface area contributed by atoms with Gasteiger partial charge in [0, 0.05) is 0 Å². The number of ether oxygens (including phenoxy) is 2. The molecule has 0 radical (unpaired) electrons. The van der Waals surface area contributed by atoms with Gasteiger partial charge in [-0.25, -0.2) is 14.4 Å². The van der Waals surface area contributed by atoms with Crippen molar-refractivity contribution < 1.29 is 29.0 Å². The molecule has 1 rings (SSSR count). The van der Waals surface area contributed by atoms with Gasteiger partial charge < -0.3 is 14.6 Å². The van der Waals surface area contributed by atoms with Crippen LogP contribution in [0.15, 0.2) is 6.07 Å². The maximum Gasteiger partial charge on any atom is 0.422 e. The average molecular weight is 440 g/mol. The Hall–Kier alpha value is -1.50. The second-order valence-electron chi connectivity index (χ2n) is 5.87. The van der Waals surface area contributed by atoms with E-state index in [2.05, 4.69) is 18.6 Å². The van der Waals surface area contributed by atoms with Crippen molar-refractivity contribution in [3.8, 4) is 5.75 Å². The maximum absolute atomic E-state index is 12.4. The number of esters is 2. The third-order valence-corrected chi connectivity index (χ3v) is 5.16. The number of hydrogen-bond donors (Lipinski definition) is 1. The van der Waals surface area contributed by atoms with E-state index in [1.807, 2.05) is 0 Å².